The summed E-state index contributed by atoms with van der Waals surface area (Å²) in [5.74, 6) is -0.308. The molecule has 1 aromatic carbocycles. The molecule has 1 fully saturated rings. The van der Waals surface area contributed by atoms with Gasteiger partial charge in [0.2, 0.25) is 5.91 Å². The summed E-state index contributed by atoms with van der Waals surface area (Å²) in [6.07, 6.45) is 2.73. The number of carbonyl (C=O) groups excluding carboxylic acids is 1. The minimum Gasteiger partial charge on any atom is -0.355 e. The Bertz CT molecular complexity index is 1600. The van der Waals surface area contributed by atoms with Crippen molar-refractivity contribution in [2.45, 2.75) is 17.7 Å². The molecule has 3 aromatic rings. The number of nitrogens with one attached hydrogen (secondary N) is 1. The maximum atomic E-state index is 13.0. The Morgan fingerprint density at radius 2 is 1.91 bits per heavy atom. The Kier molecular flexibility index (Phi) is 5.12. The number of nitrogens with zero attached hydrogens (tertiary/aromatic N) is 5. The molecule has 2 aliphatic rings. The molecule has 4 heterocycles. The molecule has 176 valence electrons. The summed E-state index contributed by atoms with van der Waals surface area (Å²) in [4.78, 5) is 43.9. The molecule has 1 saturated heterocycles. The van der Waals surface area contributed by atoms with E-state index in [2.05, 4.69) is 14.7 Å². The van der Waals surface area contributed by atoms with E-state index >= 15 is 0 Å². The smallest absolute Gasteiger partial charge is 0.332 e. The van der Waals surface area contributed by atoms with Gasteiger partial charge in [-0.1, -0.05) is 12.1 Å². The number of aromatic nitrogens is 3. The number of amidine groups is 1. The molecule has 34 heavy (non-hydrogen) atoms. The van der Waals surface area contributed by atoms with Crippen molar-refractivity contribution < 1.29 is 13.2 Å². The molecule has 1 amide bonds. The zero-order valence-electron chi connectivity index (χ0n) is 18.6. The topological polar surface area (TPSA) is 136 Å². The van der Waals surface area contributed by atoms with Crippen molar-refractivity contribution in [3.05, 3.63) is 62.9 Å². The number of pyridine rings is 1. The lowest BCUT2D eigenvalue weighted by molar-refractivity contribution is -0.121. The summed E-state index contributed by atoms with van der Waals surface area (Å²) in [6, 6.07) is 8.17. The number of hydrogen-bond donors (Lipinski definition) is 1. The van der Waals surface area contributed by atoms with Crippen LogP contribution in [0.5, 0.6) is 0 Å². The van der Waals surface area contributed by atoms with Crippen molar-refractivity contribution in [2.24, 2.45) is 24.4 Å². The molecule has 12 heteroatoms. The molecule has 2 aromatic heterocycles. The van der Waals surface area contributed by atoms with Crippen LogP contribution in [0.3, 0.4) is 0 Å². The molecule has 5 rings (SSSR count). The van der Waals surface area contributed by atoms with Crippen molar-refractivity contribution in [1.29, 1.82) is 0 Å². The molecule has 1 N–H and O–H groups in total. The molecular weight excluding hydrogens is 460 g/mol. The summed E-state index contributed by atoms with van der Waals surface area (Å²) in [5.41, 5.74) is 0.140. The van der Waals surface area contributed by atoms with Crippen LogP contribution in [-0.2, 0) is 28.9 Å². The number of carbonyl (C=O) groups is 1. The first-order chi connectivity index (χ1) is 16.2. The molecule has 2 aliphatic heterocycles. The number of likely N-dealkylation sites (tertiary alicyclic amines) is 1. The lowest BCUT2D eigenvalue weighted by Crippen LogP contribution is -2.43. The van der Waals surface area contributed by atoms with Crippen molar-refractivity contribution in [3.8, 4) is 0 Å². The van der Waals surface area contributed by atoms with Crippen LogP contribution in [0.25, 0.3) is 11.0 Å². The van der Waals surface area contributed by atoms with E-state index in [1.807, 2.05) is 4.90 Å². The summed E-state index contributed by atoms with van der Waals surface area (Å²) in [6.45, 7) is 0.903. The van der Waals surface area contributed by atoms with Crippen molar-refractivity contribution >= 4 is 38.5 Å². The lowest BCUT2D eigenvalue weighted by Gasteiger charge is -2.33. The standard InChI is InChI=1S/C22H22N6O5S/c1-26-18-16(21(30)27(2)22(26)31)10-14(11-23-18)24-20(29)13-6-5-9-28(12-13)19-15-7-3-4-8-17(15)34(32,33)25-19/h3-4,7-8,10-11,13H,5-6,9,12H2,1-2H3,(H,24,29). The second-order valence-corrected chi connectivity index (χ2v) is 10.0. The van der Waals surface area contributed by atoms with E-state index in [-0.39, 0.29) is 21.8 Å². The molecule has 0 spiro atoms. The van der Waals surface area contributed by atoms with Crippen LogP contribution in [0, 0.1) is 5.92 Å². The second kappa shape index (κ2) is 7.90. The van der Waals surface area contributed by atoms with Crippen LogP contribution in [0.1, 0.15) is 18.4 Å². The Morgan fingerprint density at radius 3 is 2.71 bits per heavy atom. The Balaban J connectivity index is 1.39. The van der Waals surface area contributed by atoms with Gasteiger partial charge < -0.3 is 10.2 Å². The van der Waals surface area contributed by atoms with Gasteiger partial charge in [-0.05, 0) is 31.0 Å². The lowest BCUT2D eigenvalue weighted by atomic mass is 9.96. The number of aryl methyl sites for hydroxylation is 1. The van der Waals surface area contributed by atoms with Gasteiger partial charge in [-0.25, -0.2) is 9.78 Å². The number of amides is 1. The van der Waals surface area contributed by atoms with E-state index in [0.29, 0.717) is 43.0 Å². The quantitative estimate of drug-likeness (QED) is 0.559. The minimum absolute atomic E-state index is 0.176. The maximum absolute atomic E-state index is 13.0. The monoisotopic (exact) mass is 482 g/mol. The summed E-state index contributed by atoms with van der Waals surface area (Å²) in [7, 11) is -0.835. The molecule has 11 nitrogen and oxygen atoms in total. The highest BCUT2D eigenvalue weighted by Gasteiger charge is 2.35. The van der Waals surface area contributed by atoms with Crippen molar-refractivity contribution in [1.82, 2.24) is 19.0 Å². The summed E-state index contributed by atoms with van der Waals surface area (Å²) < 4.78 is 31.1. The van der Waals surface area contributed by atoms with Crippen LogP contribution < -0.4 is 16.6 Å². The molecular formula is C22H22N6O5S. The van der Waals surface area contributed by atoms with E-state index in [1.54, 1.807) is 18.2 Å². The highest BCUT2D eigenvalue weighted by molar-refractivity contribution is 7.90. The molecule has 0 saturated carbocycles. The molecule has 1 unspecified atom stereocenters. The Hall–Kier alpha value is -3.80. The van der Waals surface area contributed by atoms with Gasteiger partial charge in [0.15, 0.2) is 5.84 Å². The van der Waals surface area contributed by atoms with Gasteiger partial charge in [0, 0.05) is 32.7 Å². The Morgan fingerprint density at radius 1 is 1.15 bits per heavy atom. The zero-order valence-corrected chi connectivity index (χ0v) is 19.4. The molecule has 0 radical (unpaired) electrons. The van der Waals surface area contributed by atoms with Crippen LogP contribution >= 0.6 is 0 Å². The highest BCUT2D eigenvalue weighted by atomic mass is 32.2. The predicted molar refractivity (Wildman–Crippen MR) is 125 cm³/mol. The number of rotatable bonds is 2. The average Bonchev–Trinajstić information content (AvgIpc) is 3.12. The number of sulfonamides is 1. The average molecular weight is 483 g/mol. The first-order valence-electron chi connectivity index (χ1n) is 10.7. The predicted octanol–water partition coefficient (Wildman–Crippen LogP) is 0.432. The fraction of sp³-hybridized carbons (Fsp3) is 0.318. The van der Waals surface area contributed by atoms with Crippen molar-refractivity contribution in [3.63, 3.8) is 0 Å². The van der Waals surface area contributed by atoms with Crippen molar-refractivity contribution in [2.75, 3.05) is 18.4 Å². The second-order valence-electron chi connectivity index (χ2n) is 8.46. The first-order valence-corrected chi connectivity index (χ1v) is 12.2. The fourth-order valence-electron chi connectivity index (χ4n) is 4.48. The molecule has 0 bridgehead atoms. The fourth-order valence-corrected chi connectivity index (χ4v) is 5.71. The molecule has 0 aliphatic carbocycles. The first kappa shape index (κ1) is 22.0. The zero-order chi connectivity index (χ0) is 24.2. The highest BCUT2D eigenvalue weighted by Crippen LogP contribution is 2.30. The normalized spacial score (nSPS) is 19.1. The number of piperidine rings is 1. The largest absolute Gasteiger partial charge is 0.355 e. The van der Waals surface area contributed by atoms with E-state index in [0.717, 1.165) is 4.57 Å². The van der Waals surface area contributed by atoms with Gasteiger partial charge in [-0.3, -0.25) is 18.7 Å². The van der Waals surface area contributed by atoms with Gasteiger partial charge in [-0.2, -0.15) is 8.42 Å². The molecule has 1 atom stereocenters. The van der Waals surface area contributed by atoms with E-state index < -0.39 is 27.2 Å². The number of anilines is 1. The van der Waals surface area contributed by atoms with E-state index in [4.69, 9.17) is 0 Å². The van der Waals surface area contributed by atoms with Gasteiger partial charge in [0.25, 0.3) is 15.6 Å². The number of hydrogen-bond acceptors (Lipinski definition) is 7. The third-order valence-electron chi connectivity index (χ3n) is 6.27. The number of fused-ring (bicyclic) bond motifs is 2. The maximum Gasteiger partial charge on any atom is 0.332 e. The summed E-state index contributed by atoms with van der Waals surface area (Å²) in [5, 5.41) is 3.03. The summed E-state index contributed by atoms with van der Waals surface area (Å²) >= 11 is 0. The van der Waals surface area contributed by atoms with Gasteiger partial charge in [0.1, 0.15) is 10.5 Å². The SMILES string of the molecule is Cn1c(=O)c2cc(NC(=O)C3CCCN(C4=NS(=O)(=O)c5ccccc54)C3)cnc2n(C)c1=O. The van der Waals surface area contributed by atoms with E-state index in [1.165, 1.54) is 37.0 Å². The van der Waals surface area contributed by atoms with Crippen LogP contribution in [-0.4, -0.2) is 52.3 Å². The third kappa shape index (κ3) is 3.50. The number of benzene rings is 1. The third-order valence-corrected chi connectivity index (χ3v) is 7.59. The van der Waals surface area contributed by atoms with Crippen LogP contribution in [0.15, 0.2) is 55.4 Å². The minimum atomic E-state index is -3.74. The van der Waals surface area contributed by atoms with Gasteiger partial charge in [-0.15, -0.1) is 4.40 Å². The van der Waals surface area contributed by atoms with Gasteiger partial charge >= 0.3 is 5.69 Å². The van der Waals surface area contributed by atoms with Crippen LogP contribution in [0.2, 0.25) is 0 Å². The van der Waals surface area contributed by atoms with Crippen LogP contribution in [0.4, 0.5) is 5.69 Å². The van der Waals surface area contributed by atoms with Gasteiger partial charge in [0.05, 0.1) is 23.2 Å². The van der Waals surface area contributed by atoms with E-state index in [9.17, 15) is 22.8 Å². The Labute approximate surface area is 194 Å².